The average Bonchev–Trinajstić information content (AvgIpc) is 2.45. The molecule has 18 heavy (non-hydrogen) atoms. The Morgan fingerprint density at radius 1 is 1.11 bits per heavy atom. The van der Waals surface area contributed by atoms with E-state index in [9.17, 15) is 0 Å². The minimum atomic E-state index is 0.553. The van der Waals surface area contributed by atoms with E-state index < -0.39 is 0 Å². The number of rotatable bonds is 3. The van der Waals surface area contributed by atoms with Gasteiger partial charge in [0.15, 0.2) is 5.17 Å². The maximum absolute atomic E-state index is 5.84. The molecule has 1 aliphatic carbocycles. The molecule has 0 spiro atoms. The van der Waals surface area contributed by atoms with E-state index >= 15 is 0 Å². The molecule has 1 aromatic rings. The molecule has 0 radical (unpaired) electrons. The SMILES string of the molecule is NC(=NN=C1CCCCC1)SCc1ccccc1. The zero-order chi connectivity index (χ0) is 12.6. The van der Waals surface area contributed by atoms with Crippen LogP contribution in [-0.4, -0.2) is 10.9 Å². The Kier molecular flexibility index (Phi) is 5.27. The van der Waals surface area contributed by atoms with E-state index in [1.54, 1.807) is 0 Å². The second-order valence-electron chi connectivity index (χ2n) is 4.44. The van der Waals surface area contributed by atoms with E-state index in [1.807, 2.05) is 18.2 Å². The normalized spacial score (nSPS) is 16.7. The van der Waals surface area contributed by atoms with Gasteiger partial charge in [-0.15, -0.1) is 5.10 Å². The third-order valence-electron chi connectivity index (χ3n) is 2.95. The van der Waals surface area contributed by atoms with Crippen molar-refractivity contribution in [3.63, 3.8) is 0 Å². The maximum atomic E-state index is 5.84. The van der Waals surface area contributed by atoms with Crippen molar-refractivity contribution >= 4 is 22.6 Å². The van der Waals surface area contributed by atoms with Gasteiger partial charge in [0.05, 0.1) is 0 Å². The molecule has 0 saturated heterocycles. The number of nitrogens with zero attached hydrogens (tertiary/aromatic N) is 2. The Morgan fingerprint density at radius 2 is 1.83 bits per heavy atom. The summed E-state index contributed by atoms with van der Waals surface area (Å²) in [7, 11) is 0. The van der Waals surface area contributed by atoms with Crippen molar-refractivity contribution in [1.29, 1.82) is 0 Å². The summed E-state index contributed by atoms with van der Waals surface area (Å²) in [6, 6.07) is 10.3. The largest absolute Gasteiger partial charge is 0.377 e. The average molecular weight is 261 g/mol. The molecule has 0 amide bonds. The summed E-state index contributed by atoms with van der Waals surface area (Å²) in [5, 5.41) is 8.92. The smallest absolute Gasteiger partial charge is 0.180 e. The van der Waals surface area contributed by atoms with Crippen LogP contribution in [0.1, 0.15) is 37.7 Å². The summed E-state index contributed by atoms with van der Waals surface area (Å²) in [4.78, 5) is 0. The second kappa shape index (κ2) is 7.21. The zero-order valence-electron chi connectivity index (χ0n) is 10.5. The van der Waals surface area contributed by atoms with Gasteiger partial charge in [-0.1, -0.05) is 48.5 Å². The molecule has 96 valence electrons. The van der Waals surface area contributed by atoms with Crippen LogP contribution in [-0.2, 0) is 5.75 Å². The molecule has 2 N–H and O–H groups in total. The molecule has 0 aromatic heterocycles. The van der Waals surface area contributed by atoms with Gasteiger partial charge in [0.2, 0.25) is 0 Å². The molecule has 1 aromatic carbocycles. The first kappa shape index (κ1) is 13.1. The number of amidine groups is 1. The highest BCUT2D eigenvalue weighted by Gasteiger charge is 2.06. The van der Waals surface area contributed by atoms with Gasteiger partial charge in [-0.25, -0.2) is 0 Å². The van der Waals surface area contributed by atoms with Crippen molar-refractivity contribution in [1.82, 2.24) is 0 Å². The van der Waals surface area contributed by atoms with Gasteiger partial charge >= 0.3 is 0 Å². The summed E-state index contributed by atoms with van der Waals surface area (Å²) < 4.78 is 0. The lowest BCUT2D eigenvalue weighted by molar-refractivity contribution is 0.664. The van der Waals surface area contributed by atoms with E-state index in [0.717, 1.165) is 18.6 Å². The lowest BCUT2D eigenvalue weighted by Crippen LogP contribution is -2.08. The van der Waals surface area contributed by atoms with Crippen molar-refractivity contribution in [3.05, 3.63) is 35.9 Å². The zero-order valence-corrected chi connectivity index (χ0v) is 11.3. The minimum absolute atomic E-state index is 0.553. The molecule has 0 aliphatic heterocycles. The van der Waals surface area contributed by atoms with Crippen LogP contribution in [0.25, 0.3) is 0 Å². The van der Waals surface area contributed by atoms with Crippen molar-refractivity contribution in [3.8, 4) is 0 Å². The van der Waals surface area contributed by atoms with Crippen LogP contribution < -0.4 is 5.73 Å². The van der Waals surface area contributed by atoms with Gasteiger partial charge in [-0.05, 0) is 31.2 Å². The van der Waals surface area contributed by atoms with Gasteiger partial charge in [-0.2, -0.15) is 5.10 Å². The number of benzene rings is 1. The molecule has 1 saturated carbocycles. The molecule has 0 heterocycles. The summed E-state index contributed by atoms with van der Waals surface area (Å²) in [6.45, 7) is 0. The van der Waals surface area contributed by atoms with E-state index in [4.69, 9.17) is 5.73 Å². The highest BCUT2D eigenvalue weighted by Crippen LogP contribution is 2.16. The summed E-state index contributed by atoms with van der Waals surface area (Å²) in [5.41, 5.74) is 8.30. The second-order valence-corrected chi connectivity index (χ2v) is 5.44. The third kappa shape index (κ3) is 4.53. The third-order valence-corrected chi connectivity index (χ3v) is 3.81. The summed E-state index contributed by atoms with van der Waals surface area (Å²) in [6.07, 6.45) is 5.97. The van der Waals surface area contributed by atoms with Crippen LogP contribution >= 0.6 is 11.8 Å². The molecule has 1 aliphatic rings. The van der Waals surface area contributed by atoms with E-state index in [-0.39, 0.29) is 0 Å². The maximum Gasteiger partial charge on any atom is 0.180 e. The predicted molar refractivity (Wildman–Crippen MR) is 79.9 cm³/mol. The molecule has 1 fully saturated rings. The van der Waals surface area contributed by atoms with Crippen LogP contribution in [0.5, 0.6) is 0 Å². The fourth-order valence-electron chi connectivity index (χ4n) is 1.94. The van der Waals surface area contributed by atoms with E-state index in [2.05, 4.69) is 22.3 Å². The van der Waals surface area contributed by atoms with Crippen molar-refractivity contribution in [2.75, 3.05) is 0 Å². The van der Waals surface area contributed by atoms with Crippen LogP contribution in [0.15, 0.2) is 40.5 Å². The number of hydrogen-bond acceptors (Lipinski definition) is 3. The van der Waals surface area contributed by atoms with E-state index in [0.29, 0.717) is 5.17 Å². The van der Waals surface area contributed by atoms with Crippen molar-refractivity contribution < 1.29 is 0 Å². The first-order valence-electron chi connectivity index (χ1n) is 6.40. The van der Waals surface area contributed by atoms with Gasteiger partial charge in [-0.3, -0.25) is 0 Å². The fraction of sp³-hybridized carbons (Fsp3) is 0.429. The first-order valence-corrected chi connectivity index (χ1v) is 7.39. The topological polar surface area (TPSA) is 50.7 Å². The van der Waals surface area contributed by atoms with Crippen LogP contribution in [0.3, 0.4) is 0 Å². The minimum Gasteiger partial charge on any atom is -0.377 e. The van der Waals surface area contributed by atoms with E-state index in [1.165, 1.54) is 42.3 Å². The molecule has 0 bridgehead atoms. The van der Waals surface area contributed by atoms with Crippen molar-refractivity contribution in [2.24, 2.45) is 15.9 Å². The van der Waals surface area contributed by atoms with Gasteiger partial charge in [0, 0.05) is 11.5 Å². The highest BCUT2D eigenvalue weighted by atomic mass is 32.2. The molecule has 3 nitrogen and oxygen atoms in total. The lowest BCUT2D eigenvalue weighted by atomic mass is 9.99. The molecule has 2 rings (SSSR count). The van der Waals surface area contributed by atoms with Crippen LogP contribution in [0.4, 0.5) is 0 Å². The summed E-state index contributed by atoms with van der Waals surface area (Å²) >= 11 is 1.54. The Morgan fingerprint density at radius 3 is 2.56 bits per heavy atom. The fourth-order valence-corrected chi connectivity index (χ4v) is 2.55. The Bertz CT molecular complexity index is 418. The number of thioether (sulfide) groups is 1. The number of nitrogens with two attached hydrogens (primary N) is 1. The monoisotopic (exact) mass is 261 g/mol. The van der Waals surface area contributed by atoms with Crippen LogP contribution in [0.2, 0.25) is 0 Å². The summed E-state index contributed by atoms with van der Waals surface area (Å²) in [5.74, 6) is 0.848. The molecular weight excluding hydrogens is 242 g/mol. The Balaban J connectivity index is 1.82. The predicted octanol–water partition coefficient (Wildman–Crippen LogP) is 3.55. The standard InChI is InChI=1S/C14H19N3S/c15-14(17-16-13-9-5-2-6-10-13)18-11-12-7-3-1-4-8-12/h1,3-4,7-8H,2,5-6,9-11H2,(H2,15,17). The molecule has 0 atom stereocenters. The molecular formula is C14H19N3S. The molecule has 0 unspecified atom stereocenters. The highest BCUT2D eigenvalue weighted by molar-refractivity contribution is 8.13. The van der Waals surface area contributed by atoms with Crippen molar-refractivity contribution in [2.45, 2.75) is 37.9 Å². The van der Waals surface area contributed by atoms with Gasteiger partial charge in [0.1, 0.15) is 0 Å². The Labute approximate surface area is 113 Å². The van der Waals surface area contributed by atoms with Gasteiger partial charge < -0.3 is 5.73 Å². The molecule has 4 heteroatoms. The lowest BCUT2D eigenvalue weighted by Gasteiger charge is -2.10. The Hall–Kier alpha value is -1.29. The van der Waals surface area contributed by atoms with Gasteiger partial charge in [0.25, 0.3) is 0 Å². The quantitative estimate of drug-likeness (QED) is 0.514. The van der Waals surface area contributed by atoms with Crippen LogP contribution in [0, 0.1) is 0 Å². The first-order chi connectivity index (χ1) is 8.84. The number of hydrogen-bond donors (Lipinski definition) is 1.